The number of methoxy groups -OCH3 is 1. The molecular weight excluding hydrogens is 462 g/mol. The van der Waals surface area contributed by atoms with Crippen LogP contribution < -0.4 is 14.8 Å². The third kappa shape index (κ3) is 7.62. The van der Waals surface area contributed by atoms with E-state index in [9.17, 15) is 19.7 Å². The number of benzene rings is 2. The molecule has 0 saturated carbocycles. The van der Waals surface area contributed by atoms with Gasteiger partial charge in [-0.05, 0) is 36.6 Å². The van der Waals surface area contributed by atoms with Crippen LogP contribution in [0.2, 0.25) is 5.02 Å². The number of rotatable bonds is 13. The van der Waals surface area contributed by atoms with Crippen LogP contribution in [0.1, 0.15) is 38.7 Å². The summed E-state index contributed by atoms with van der Waals surface area (Å²) in [7, 11) is 1.31. The van der Waals surface area contributed by atoms with Crippen molar-refractivity contribution >= 4 is 29.1 Å². The van der Waals surface area contributed by atoms with Crippen LogP contribution in [-0.4, -0.2) is 47.9 Å². The number of nitrogens with one attached hydrogen (secondary N) is 1. The Balaban J connectivity index is 2.21. The number of amides is 2. The summed E-state index contributed by atoms with van der Waals surface area (Å²) in [5, 5.41) is 14.6. The number of halogens is 1. The van der Waals surface area contributed by atoms with E-state index in [0.717, 1.165) is 18.4 Å². The van der Waals surface area contributed by atoms with Gasteiger partial charge in [0.15, 0.2) is 6.61 Å². The molecule has 1 unspecified atom stereocenters. The summed E-state index contributed by atoms with van der Waals surface area (Å²) in [5.74, 6) is -0.363. The Morgan fingerprint density at radius 2 is 1.88 bits per heavy atom. The number of hydrogen-bond acceptors (Lipinski definition) is 6. The minimum absolute atomic E-state index is 0.0229. The van der Waals surface area contributed by atoms with E-state index in [1.165, 1.54) is 30.2 Å². The summed E-state index contributed by atoms with van der Waals surface area (Å²) in [5.41, 5.74) is 0.606. The Morgan fingerprint density at radius 1 is 1.18 bits per heavy atom. The van der Waals surface area contributed by atoms with E-state index in [0.29, 0.717) is 18.0 Å². The van der Waals surface area contributed by atoms with Gasteiger partial charge >= 0.3 is 5.69 Å². The fourth-order valence-corrected chi connectivity index (χ4v) is 3.46. The molecule has 9 nitrogen and oxygen atoms in total. The standard InChI is InChI=1S/C24H30ClN3O6/c1-4-6-13-26-24(30)20(5-2)27(15-17-7-9-18(25)10-8-17)23(29)16-34-19-11-12-21(28(31)32)22(14-19)33-3/h7-12,14,20H,4-6,13,15-16H2,1-3H3,(H,26,30). The van der Waals surface area contributed by atoms with Gasteiger partial charge in [-0.1, -0.05) is 44.0 Å². The molecule has 2 rings (SSSR count). The maximum Gasteiger partial charge on any atom is 0.311 e. The molecule has 1 atom stereocenters. The molecule has 0 bridgehead atoms. The number of nitrogens with zero attached hydrogens (tertiary/aromatic N) is 2. The Labute approximate surface area is 204 Å². The average Bonchev–Trinajstić information content (AvgIpc) is 2.83. The topological polar surface area (TPSA) is 111 Å². The van der Waals surface area contributed by atoms with Crippen LogP contribution >= 0.6 is 11.6 Å². The predicted molar refractivity (Wildman–Crippen MR) is 129 cm³/mol. The van der Waals surface area contributed by atoms with E-state index in [1.807, 2.05) is 13.8 Å². The van der Waals surface area contributed by atoms with Crippen LogP contribution in [0.3, 0.4) is 0 Å². The van der Waals surface area contributed by atoms with Crippen LogP contribution in [-0.2, 0) is 16.1 Å². The molecule has 0 saturated heterocycles. The summed E-state index contributed by atoms with van der Waals surface area (Å²) in [6, 6.07) is 10.4. The number of hydrogen-bond donors (Lipinski definition) is 1. The normalized spacial score (nSPS) is 11.4. The van der Waals surface area contributed by atoms with Crippen molar-refractivity contribution in [1.29, 1.82) is 0 Å². The van der Waals surface area contributed by atoms with E-state index >= 15 is 0 Å². The van der Waals surface area contributed by atoms with E-state index < -0.39 is 16.9 Å². The van der Waals surface area contributed by atoms with Crippen LogP contribution in [0.15, 0.2) is 42.5 Å². The lowest BCUT2D eigenvalue weighted by molar-refractivity contribution is -0.385. The molecular formula is C24H30ClN3O6. The van der Waals surface area contributed by atoms with Crippen molar-refractivity contribution in [2.75, 3.05) is 20.3 Å². The van der Waals surface area contributed by atoms with Crippen LogP contribution in [0.4, 0.5) is 5.69 Å². The van der Waals surface area contributed by atoms with E-state index in [4.69, 9.17) is 21.1 Å². The molecule has 2 aromatic rings. The van der Waals surface area contributed by atoms with Gasteiger partial charge < -0.3 is 19.7 Å². The Bertz CT molecular complexity index is 983. The highest BCUT2D eigenvalue weighted by Crippen LogP contribution is 2.30. The fraction of sp³-hybridized carbons (Fsp3) is 0.417. The Hall–Kier alpha value is -3.33. The van der Waals surface area contributed by atoms with Crippen molar-refractivity contribution in [3.05, 3.63) is 63.2 Å². The molecule has 10 heteroatoms. The molecule has 184 valence electrons. The van der Waals surface area contributed by atoms with Crippen molar-refractivity contribution in [3.63, 3.8) is 0 Å². The lowest BCUT2D eigenvalue weighted by Gasteiger charge is -2.30. The number of carbonyl (C=O) groups is 2. The highest BCUT2D eigenvalue weighted by Gasteiger charge is 2.29. The van der Waals surface area contributed by atoms with Crippen LogP contribution in [0.5, 0.6) is 11.5 Å². The maximum absolute atomic E-state index is 13.2. The summed E-state index contributed by atoms with van der Waals surface area (Å²) in [6.07, 6.45) is 2.21. The van der Waals surface area contributed by atoms with Gasteiger partial charge in [0.1, 0.15) is 11.8 Å². The largest absolute Gasteiger partial charge is 0.490 e. The molecule has 2 amide bonds. The zero-order valence-electron chi connectivity index (χ0n) is 19.6. The lowest BCUT2D eigenvalue weighted by atomic mass is 10.1. The second-order valence-electron chi connectivity index (χ2n) is 7.60. The first kappa shape index (κ1) is 26.9. The maximum atomic E-state index is 13.2. The zero-order valence-corrected chi connectivity index (χ0v) is 20.3. The van der Waals surface area contributed by atoms with Crippen LogP contribution in [0.25, 0.3) is 0 Å². The van der Waals surface area contributed by atoms with Crippen molar-refractivity contribution in [3.8, 4) is 11.5 Å². The van der Waals surface area contributed by atoms with Gasteiger partial charge in [-0.25, -0.2) is 0 Å². The molecule has 0 aromatic heterocycles. The Morgan fingerprint density at radius 3 is 2.47 bits per heavy atom. The van der Waals surface area contributed by atoms with E-state index in [-0.39, 0.29) is 36.2 Å². The minimum atomic E-state index is -0.685. The third-order valence-electron chi connectivity index (χ3n) is 5.19. The predicted octanol–water partition coefficient (Wildman–Crippen LogP) is 4.36. The summed E-state index contributed by atoms with van der Waals surface area (Å²) < 4.78 is 10.7. The molecule has 0 aliphatic rings. The quantitative estimate of drug-likeness (QED) is 0.253. The number of nitro groups is 1. The molecule has 0 heterocycles. The van der Waals surface area contributed by atoms with Crippen molar-refractivity contribution in [1.82, 2.24) is 10.2 Å². The molecule has 1 N–H and O–H groups in total. The van der Waals surface area contributed by atoms with Gasteiger partial charge in [0.2, 0.25) is 11.7 Å². The molecule has 0 radical (unpaired) electrons. The fourth-order valence-electron chi connectivity index (χ4n) is 3.34. The molecule has 0 aliphatic heterocycles. The number of unbranched alkanes of at least 4 members (excludes halogenated alkanes) is 1. The van der Waals surface area contributed by atoms with Gasteiger partial charge in [0.05, 0.1) is 12.0 Å². The first-order chi connectivity index (χ1) is 16.3. The van der Waals surface area contributed by atoms with Gasteiger partial charge in [-0.3, -0.25) is 19.7 Å². The first-order valence-corrected chi connectivity index (χ1v) is 11.4. The number of nitro benzene ring substituents is 1. The summed E-state index contributed by atoms with van der Waals surface area (Å²) in [6.45, 7) is 4.25. The second kappa shape index (κ2) is 13.4. The van der Waals surface area contributed by atoms with Crippen LogP contribution in [0, 0.1) is 10.1 Å². The second-order valence-corrected chi connectivity index (χ2v) is 8.03. The smallest absolute Gasteiger partial charge is 0.311 e. The zero-order chi connectivity index (χ0) is 25.1. The molecule has 2 aromatic carbocycles. The molecule has 34 heavy (non-hydrogen) atoms. The van der Waals surface area contributed by atoms with Crippen molar-refractivity contribution in [2.24, 2.45) is 0 Å². The molecule has 0 aliphatic carbocycles. The minimum Gasteiger partial charge on any atom is -0.490 e. The van der Waals surface area contributed by atoms with Crippen molar-refractivity contribution < 1.29 is 24.0 Å². The number of ether oxygens (including phenoxy) is 2. The van der Waals surface area contributed by atoms with E-state index in [1.54, 1.807) is 24.3 Å². The monoisotopic (exact) mass is 491 g/mol. The van der Waals surface area contributed by atoms with Gasteiger partial charge in [0.25, 0.3) is 5.91 Å². The van der Waals surface area contributed by atoms with Gasteiger partial charge in [0, 0.05) is 30.2 Å². The molecule has 0 spiro atoms. The summed E-state index contributed by atoms with van der Waals surface area (Å²) >= 11 is 5.98. The summed E-state index contributed by atoms with van der Waals surface area (Å²) in [4.78, 5) is 38.1. The van der Waals surface area contributed by atoms with Gasteiger partial charge in [-0.2, -0.15) is 0 Å². The Kier molecular flexibility index (Phi) is 10.6. The SMILES string of the molecule is CCCCNC(=O)C(CC)N(Cc1ccc(Cl)cc1)C(=O)COc1ccc([N+](=O)[O-])c(OC)c1. The first-order valence-electron chi connectivity index (χ1n) is 11.1. The lowest BCUT2D eigenvalue weighted by Crippen LogP contribution is -2.50. The van der Waals surface area contributed by atoms with Crippen molar-refractivity contribution in [2.45, 2.75) is 45.7 Å². The highest BCUT2D eigenvalue weighted by molar-refractivity contribution is 6.30. The third-order valence-corrected chi connectivity index (χ3v) is 5.44. The van der Waals surface area contributed by atoms with Gasteiger partial charge in [-0.15, -0.1) is 0 Å². The highest BCUT2D eigenvalue weighted by atomic mass is 35.5. The molecule has 0 fully saturated rings. The van der Waals surface area contributed by atoms with E-state index in [2.05, 4.69) is 5.32 Å². The number of carbonyl (C=O) groups excluding carboxylic acids is 2. The average molecular weight is 492 g/mol.